The first kappa shape index (κ1) is 16.9. The lowest BCUT2D eigenvalue weighted by Gasteiger charge is -2.18. The first-order chi connectivity index (χ1) is 13.5. The number of hydrogen-bond donors (Lipinski definition) is 0. The maximum Gasteiger partial charge on any atom is 0.346 e. The Morgan fingerprint density at radius 2 is 1.64 bits per heavy atom. The van der Waals surface area contributed by atoms with E-state index in [-0.39, 0.29) is 46.8 Å². The van der Waals surface area contributed by atoms with Gasteiger partial charge in [-0.3, -0.25) is 9.59 Å². The number of fused-ring (bicyclic) bond motifs is 5. The standard InChI is InChI=1S/C22H16FNO4/c23-17-7-2-1-6-16(17)22(27)28-15-5-3-4-14(11-15)24-20(25)18-12-8-9-13(10-12)19(18)21(24)26/h1-9,11-13,18-19H,10H2/t12-,13+,18-,19+. The molecule has 2 aromatic rings. The molecule has 4 atom stereocenters. The predicted octanol–water partition coefficient (Wildman–Crippen LogP) is 3.36. The van der Waals surface area contributed by atoms with Gasteiger partial charge in [0.1, 0.15) is 11.6 Å². The van der Waals surface area contributed by atoms with Gasteiger partial charge in [-0.15, -0.1) is 0 Å². The summed E-state index contributed by atoms with van der Waals surface area (Å²) in [6.07, 6.45) is 4.93. The molecule has 0 N–H and O–H groups in total. The Morgan fingerprint density at radius 3 is 2.32 bits per heavy atom. The summed E-state index contributed by atoms with van der Waals surface area (Å²) >= 11 is 0. The number of nitrogens with zero attached hydrogens (tertiary/aromatic N) is 1. The summed E-state index contributed by atoms with van der Waals surface area (Å²) in [5, 5.41) is 0. The maximum absolute atomic E-state index is 13.8. The molecule has 2 aliphatic carbocycles. The van der Waals surface area contributed by atoms with Crippen LogP contribution in [0.4, 0.5) is 10.1 Å². The lowest BCUT2D eigenvalue weighted by Crippen LogP contribution is -2.32. The highest BCUT2D eigenvalue weighted by molar-refractivity contribution is 6.22. The monoisotopic (exact) mass is 377 g/mol. The summed E-state index contributed by atoms with van der Waals surface area (Å²) in [4.78, 5) is 39.2. The number of carbonyl (C=O) groups excluding carboxylic acids is 3. The van der Waals surface area contributed by atoms with Crippen molar-refractivity contribution in [2.24, 2.45) is 23.7 Å². The summed E-state index contributed by atoms with van der Waals surface area (Å²) in [5.74, 6) is -2.13. The van der Waals surface area contributed by atoms with E-state index < -0.39 is 11.8 Å². The maximum atomic E-state index is 13.8. The van der Waals surface area contributed by atoms with Gasteiger partial charge in [0.05, 0.1) is 23.1 Å². The van der Waals surface area contributed by atoms with Gasteiger partial charge in [0.15, 0.2) is 0 Å². The minimum absolute atomic E-state index is 0.124. The zero-order valence-corrected chi connectivity index (χ0v) is 14.7. The average Bonchev–Trinajstić information content (AvgIpc) is 3.36. The number of allylic oxidation sites excluding steroid dienone is 2. The van der Waals surface area contributed by atoms with Crippen LogP contribution in [0.1, 0.15) is 16.8 Å². The summed E-state index contributed by atoms with van der Waals surface area (Å²) in [6.45, 7) is 0. The molecule has 28 heavy (non-hydrogen) atoms. The van der Waals surface area contributed by atoms with E-state index in [1.807, 2.05) is 12.2 Å². The Morgan fingerprint density at radius 1 is 0.964 bits per heavy atom. The van der Waals surface area contributed by atoms with Crippen molar-refractivity contribution in [3.8, 4) is 5.75 Å². The normalized spacial score (nSPS) is 27.4. The molecule has 1 saturated heterocycles. The van der Waals surface area contributed by atoms with E-state index in [1.54, 1.807) is 18.2 Å². The molecule has 2 fully saturated rings. The molecule has 6 heteroatoms. The van der Waals surface area contributed by atoms with Crippen LogP contribution >= 0.6 is 0 Å². The van der Waals surface area contributed by atoms with Crippen LogP contribution in [0.3, 0.4) is 0 Å². The van der Waals surface area contributed by atoms with Crippen LogP contribution in [0.15, 0.2) is 60.7 Å². The highest BCUT2D eigenvalue weighted by atomic mass is 19.1. The van der Waals surface area contributed by atoms with E-state index in [0.717, 1.165) is 6.42 Å². The number of carbonyl (C=O) groups is 3. The van der Waals surface area contributed by atoms with E-state index in [1.165, 1.54) is 35.2 Å². The Balaban J connectivity index is 1.41. The van der Waals surface area contributed by atoms with Crippen LogP contribution < -0.4 is 9.64 Å². The second kappa shape index (κ2) is 6.12. The third-order valence-electron chi connectivity index (χ3n) is 5.85. The van der Waals surface area contributed by atoms with Gasteiger partial charge >= 0.3 is 5.97 Å². The molecule has 0 unspecified atom stereocenters. The third kappa shape index (κ3) is 2.41. The third-order valence-corrected chi connectivity index (χ3v) is 5.85. The number of rotatable bonds is 3. The van der Waals surface area contributed by atoms with Crippen LogP contribution in [0.25, 0.3) is 0 Å². The largest absolute Gasteiger partial charge is 0.423 e. The van der Waals surface area contributed by atoms with Crippen LogP contribution in [-0.2, 0) is 9.59 Å². The van der Waals surface area contributed by atoms with Crippen LogP contribution in [0.2, 0.25) is 0 Å². The van der Waals surface area contributed by atoms with E-state index in [0.29, 0.717) is 5.69 Å². The van der Waals surface area contributed by atoms with Gasteiger partial charge in [-0.2, -0.15) is 0 Å². The van der Waals surface area contributed by atoms with Crippen LogP contribution in [-0.4, -0.2) is 17.8 Å². The number of benzene rings is 2. The molecule has 140 valence electrons. The molecular weight excluding hydrogens is 361 g/mol. The van der Waals surface area contributed by atoms with Crippen LogP contribution in [0, 0.1) is 29.5 Å². The van der Waals surface area contributed by atoms with E-state index in [2.05, 4.69) is 0 Å². The molecular formula is C22H16FNO4. The van der Waals surface area contributed by atoms with Crippen molar-refractivity contribution in [1.82, 2.24) is 0 Å². The number of hydrogen-bond acceptors (Lipinski definition) is 4. The van der Waals surface area contributed by atoms with Crippen molar-refractivity contribution in [2.45, 2.75) is 6.42 Å². The van der Waals surface area contributed by atoms with E-state index >= 15 is 0 Å². The van der Waals surface area contributed by atoms with Crippen molar-refractivity contribution in [1.29, 1.82) is 0 Å². The SMILES string of the molecule is O=C(Oc1cccc(N2C(=O)[C@@H]3[C@H](C2=O)[C@@H]2C=C[C@H]3C2)c1)c1ccccc1F. The van der Waals surface area contributed by atoms with Crippen molar-refractivity contribution in [3.05, 3.63) is 72.1 Å². The number of halogens is 1. The lowest BCUT2D eigenvalue weighted by molar-refractivity contribution is -0.123. The van der Waals surface area contributed by atoms with Crippen molar-refractivity contribution in [3.63, 3.8) is 0 Å². The molecule has 5 rings (SSSR count). The number of amides is 2. The van der Waals surface area contributed by atoms with Crippen molar-refractivity contribution >= 4 is 23.5 Å². The molecule has 0 radical (unpaired) electrons. The number of imide groups is 1. The lowest BCUT2D eigenvalue weighted by atomic mass is 9.85. The van der Waals surface area contributed by atoms with Gasteiger partial charge in [0, 0.05) is 6.07 Å². The Hall–Kier alpha value is -3.28. The fraction of sp³-hybridized carbons (Fsp3) is 0.227. The Bertz CT molecular complexity index is 1020. The Labute approximate surface area is 160 Å². The predicted molar refractivity (Wildman–Crippen MR) is 98.0 cm³/mol. The summed E-state index contributed by atoms with van der Waals surface area (Å²) < 4.78 is 19.0. The summed E-state index contributed by atoms with van der Waals surface area (Å²) in [6, 6.07) is 11.8. The summed E-state index contributed by atoms with van der Waals surface area (Å²) in [7, 11) is 0. The molecule has 1 aliphatic heterocycles. The second-order valence-corrected chi connectivity index (χ2v) is 7.38. The molecule has 0 spiro atoms. The van der Waals surface area contributed by atoms with Gasteiger partial charge in [-0.1, -0.05) is 30.4 Å². The zero-order valence-electron chi connectivity index (χ0n) is 14.7. The molecule has 3 aliphatic rings. The minimum atomic E-state index is -0.839. The zero-order chi connectivity index (χ0) is 19.4. The molecule has 2 amide bonds. The van der Waals surface area contributed by atoms with Crippen molar-refractivity contribution in [2.75, 3.05) is 4.90 Å². The molecule has 2 aromatic carbocycles. The van der Waals surface area contributed by atoms with E-state index in [4.69, 9.17) is 4.74 Å². The number of anilines is 1. The van der Waals surface area contributed by atoms with E-state index in [9.17, 15) is 18.8 Å². The minimum Gasteiger partial charge on any atom is -0.423 e. The molecule has 1 saturated carbocycles. The fourth-order valence-corrected chi connectivity index (χ4v) is 4.63. The molecule has 1 heterocycles. The summed E-state index contributed by atoms with van der Waals surface area (Å²) in [5.41, 5.74) is 0.182. The Kier molecular flexibility index (Phi) is 3.69. The molecule has 2 bridgehead atoms. The number of ether oxygens (including phenoxy) is 1. The van der Waals surface area contributed by atoms with Crippen molar-refractivity contribution < 1.29 is 23.5 Å². The fourth-order valence-electron chi connectivity index (χ4n) is 4.63. The van der Waals surface area contributed by atoms with Gasteiger partial charge in [0.2, 0.25) is 11.8 Å². The second-order valence-electron chi connectivity index (χ2n) is 7.38. The van der Waals surface area contributed by atoms with Crippen LogP contribution in [0.5, 0.6) is 5.75 Å². The topological polar surface area (TPSA) is 63.7 Å². The quantitative estimate of drug-likeness (QED) is 0.356. The first-order valence-corrected chi connectivity index (χ1v) is 9.17. The highest BCUT2D eigenvalue weighted by Crippen LogP contribution is 2.53. The first-order valence-electron chi connectivity index (χ1n) is 9.17. The molecule has 0 aromatic heterocycles. The van der Waals surface area contributed by atoms with Gasteiger partial charge < -0.3 is 4.74 Å². The smallest absolute Gasteiger partial charge is 0.346 e. The average molecular weight is 377 g/mol. The highest BCUT2D eigenvalue weighted by Gasteiger charge is 2.59. The van der Waals surface area contributed by atoms with Gasteiger partial charge in [-0.05, 0) is 42.5 Å². The van der Waals surface area contributed by atoms with Gasteiger partial charge in [0.25, 0.3) is 0 Å². The molecule has 5 nitrogen and oxygen atoms in total. The van der Waals surface area contributed by atoms with Gasteiger partial charge in [-0.25, -0.2) is 14.1 Å². The number of esters is 1.